The molecule has 1 aliphatic rings. The van der Waals surface area contributed by atoms with Crippen molar-refractivity contribution in [3.63, 3.8) is 0 Å². The van der Waals surface area contributed by atoms with Gasteiger partial charge in [-0.1, -0.05) is 13.0 Å². The van der Waals surface area contributed by atoms with E-state index in [1.165, 1.54) is 18.5 Å². The van der Waals surface area contributed by atoms with Crippen LogP contribution >= 0.6 is 0 Å². The molecule has 0 spiro atoms. The minimum absolute atomic E-state index is 0.0440. The van der Waals surface area contributed by atoms with Crippen LogP contribution in [0.5, 0.6) is 5.75 Å². The number of benzene rings is 2. The number of aromatic nitrogens is 2. The van der Waals surface area contributed by atoms with Crippen LogP contribution in [0.4, 0.5) is 10.1 Å². The number of ether oxygens (including phenoxy) is 2. The Bertz CT molecular complexity index is 1300. The fraction of sp³-hybridized carbons (Fsp3) is 0.462. The van der Waals surface area contributed by atoms with E-state index in [1.807, 2.05) is 26.0 Å². The SMILES string of the molecule is CCS(C)(=O)=Nc1cc(C)c2c(Cc3ccc(F)cc3OC3CCC(OC)CC3)ncnc2c1. The molecule has 0 saturated heterocycles. The van der Waals surface area contributed by atoms with Gasteiger partial charge < -0.3 is 9.47 Å². The summed E-state index contributed by atoms with van der Waals surface area (Å²) in [6, 6.07) is 8.46. The van der Waals surface area contributed by atoms with Gasteiger partial charge in [-0.15, -0.1) is 0 Å². The standard InChI is InChI=1S/C26H32FN3O3S/c1-5-34(4,31)30-20-12-17(2)26-23(28-16-29-24(26)15-20)13-18-6-7-19(27)14-25(18)33-22-10-8-21(32-3)9-11-22/h6-7,12,14-16,21-22H,5,8-11,13H2,1-4H3. The van der Waals surface area contributed by atoms with E-state index < -0.39 is 9.73 Å². The van der Waals surface area contributed by atoms with Crippen LogP contribution in [0.3, 0.4) is 0 Å². The fourth-order valence-corrected chi connectivity index (χ4v) is 5.14. The van der Waals surface area contributed by atoms with Crippen molar-refractivity contribution in [3.8, 4) is 5.75 Å². The predicted octanol–water partition coefficient (Wildman–Crippen LogP) is 5.75. The Morgan fingerprint density at radius 3 is 2.56 bits per heavy atom. The first kappa shape index (κ1) is 24.5. The maximum Gasteiger partial charge on any atom is 0.126 e. The number of hydrogen-bond acceptors (Lipinski definition) is 6. The van der Waals surface area contributed by atoms with E-state index in [2.05, 4.69) is 14.3 Å². The van der Waals surface area contributed by atoms with Crippen molar-refractivity contribution in [2.24, 2.45) is 4.36 Å². The first-order chi connectivity index (χ1) is 16.3. The van der Waals surface area contributed by atoms with Gasteiger partial charge >= 0.3 is 0 Å². The zero-order valence-electron chi connectivity index (χ0n) is 20.2. The zero-order chi connectivity index (χ0) is 24.3. The number of hydrogen-bond donors (Lipinski definition) is 0. The molecule has 0 bridgehead atoms. The molecule has 1 atom stereocenters. The van der Waals surface area contributed by atoms with Crippen molar-refractivity contribution in [1.29, 1.82) is 0 Å². The molecule has 0 amide bonds. The third kappa shape index (κ3) is 5.73. The number of halogens is 1. The van der Waals surface area contributed by atoms with Crippen LogP contribution in [0.25, 0.3) is 10.9 Å². The Kier molecular flexibility index (Phi) is 7.48. The van der Waals surface area contributed by atoms with Gasteiger partial charge in [0, 0.05) is 52.3 Å². The van der Waals surface area contributed by atoms with Crippen LogP contribution in [-0.4, -0.2) is 45.5 Å². The van der Waals surface area contributed by atoms with Gasteiger partial charge in [-0.25, -0.2) is 18.6 Å². The summed E-state index contributed by atoms with van der Waals surface area (Å²) >= 11 is 0. The van der Waals surface area contributed by atoms with Crippen LogP contribution in [0.1, 0.15) is 49.4 Å². The van der Waals surface area contributed by atoms with E-state index >= 15 is 0 Å². The highest BCUT2D eigenvalue weighted by molar-refractivity contribution is 7.93. The molecule has 34 heavy (non-hydrogen) atoms. The van der Waals surface area contributed by atoms with Gasteiger partial charge in [0.2, 0.25) is 0 Å². The molecular formula is C26H32FN3O3S. The molecule has 8 heteroatoms. The first-order valence-corrected chi connectivity index (χ1v) is 13.8. The minimum atomic E-state index is -2.27. The summed E-state index contributed by atoms with van der Waals surface area (Å²) in [6.07, 6.45) is 7.64. The molecule has 4 rings (SSSR count). The highest BCUT2D eigenvalue weighted by atomic mass is 32.2. The zero-order valence-corrected chi connectivity index (χ0v) is 21.0. The van der Waals surface area contributed by atoms with E-state index in [4.69, 9.17) is 9.47 Å². The maximum atomic E-state index is 14.1. The third-order valence-corrected chi connectivity index (χ3v) is 8.14. The molecule has 6 nitrogen and oxygen atoms in total. The summed E-state index contributed by atoms with van der Waals surface area (Å²) in [5, 5.41) is 0.927. The summed E-state index contributed by atoms with van der Waals surface area (Å²) in [5.74, 6) is 0.725. The molecule has 3 aromatic rings. The van der Waals surface area contributed by atoms with Crippen molar-refractivity contribution in [1.82, 2.24) is 9.97 Å². The minimum Gasteiger partial charge on any atom is -0.490 e. The second-order valence-corrected chi connectivity index (χ2v) is 11.7. The Balaban J connectivity index is 1.65. The van der Waals surface area contributed by atoms with Gasteiger partial charge in [0.1, 0.15) is 17.9 Å². The number of nitrogens with zero attached hydrogens (tertiary/aromatic N) is 3. The highest BCUT2D eigenvalue weighted by Gasteiger charge is 2.23. The lowest BCUT2D eigenvalue weighted by Gasteiger charge is -2.28. The molecule has 0 radical (unpaired) electrons. The third-order valence-electron chi connectivity index (χ3n) is 6.47. The van der Waals surface area contributed by atoms with Crippen LogP contribution < -0.4 is 4.74 Å². The van der Waals surface area contributed by atoms with E-state index in [0.717, 1.165) is 53.4 Å². The van der Waals surface area contributed by atoms with Crippen molar-refractivity contribution >= 4 is 26.3 Å². The lowest BCUT2D eigenvalue weighted by Crippen LogP contribution is -2.28. The lowest BCUT2D eigenvalue weighted by atomic mass is 9.94. The predicted molar refractivity (Wildman–Crippen MR) is 134 cm³/mol. The van der Waals surface area contributed by atoms with Crippen molar-refractivity contribution < 1.29 is 18.1 Å². The molecule has 1 heterocycles. The summed E-state index contributed by atoms with van der Waals surface area (Å²) in [5.41, 5.74) is 4.08. The smallest absolute Gasteiger partial charge is 0.126 e. The van der Waals surface area contributed by atoms with Crippen LogP contribution in [0, 0.1) is 12.7 Å². The largest absolute Gasteiger partial charge is 0.490 e. The van der Waals surface area contributed by atoms with Gasteiger partial charge in [-0.05, 0) is 56.4 Å². The molecule has 1 aromatic heterocycles. The fourth-order valence-electron chi connectivity index (χ4n) is 4.46. The summed E-state index contributed by atoms with van der Waals surface area (Å²) in [7, 11) is -0.532. The molecule has 1 saturated carbocycles. The van der Waals surface area contributed by atoms with Gasteiger partial charge in [0.15, 0.2) is 0 Å². The average Bonchev–Trinajstić information content (AvgIpc) is 2.81. The van der Waals surface area contributed by atoms with E-state index in [0.29, 0.717) is 23.6 Å². The second-order valence-electron chi connectivity index (χ2n) is 9.00. The van der Waals surface area contributed by atoms with Gasteiger partial charge in [0.05, 0.1) is 29.1 Å². The summed E-state index contributed by atoms with van der Waals surface area (Å²) < 4.78 is 42.8. The molecule has 0 N–H and O–H groups in total. The molecule has 1 fully saturated rings. The number of rotatable bonds is 7. The van der Waals surface area contributed by atoms with Crippen molar-refractivity contribution in [2.75, 3.05) is 19.1 Å². The topological polar surface area (TPSA) is 73.7 Å². The van der Waals surface area contributed by atoms with Gasteiger partial charge in [0.25, 0.3) is 0 Å². The monoisotopic (exact) mass is 485 g/mol. The number of fused-ring (bicyclic) bond motifs is 1. The quantitative estimate of drug-likeness (QED) is 0.426. The van der Waals surface area contributed by atoms with Gasteiger partial charge in [-0.3, -0.25) is 0 Å². The van der Waals surface area contributed by atoms with Crippen LogP contribution in [0.15, 0.2) is 41.0 Å². The Morgan fingerprint density at radius 2 is 1.85 bits per heavy atom. The second kappa shape index (κ2) is 10.4. The molecule has 1 unspecified atom stereocenters. The molecule has 0 aliphatic heterocycles. The average molecular weight is 486 g/mol. The normalized spacial score (nSPS) is 20.1. The maximum absolute atomic E-state index is 14.1. The van der Waals surface area contributed by atoms with Crippen LogP contribution in [0.2, 0.25) is 0 Å². The number of methoxy groups -OCH3 is 1. The number of aryl methyl sites for hydroxylation is 1. The Hall–Kier alpha value is -2.58. The molecule has 1 aliphatic carbocycles. The van der Waals surface area contributed by atoms with E-state index in [1.54, 1.807) is 19.4 Å². The lowest BCUT2D eigenvalue weighted by molar-refractivity contribution is 0.0324. The highest BCUT2D eigenvalue weighted by Crippen LogP contribution is 2.32. The molecule has 182 valence electrons. The van der Waals surface area contributed by atoms with E-state index in [-0.39, 0.29) is 18.0 Å². The summed E-state index contributed by atoms with van der Waals surface area (Å²) in [6.45, 7) is 3.85. The van der Waals surface area contributed by atoms with Crippen molar-refractivity contribution in [3.05, 3.63) is 59.3 Å². The van der Waals surface area contributed by atoms with Crippen LogP contribution in [-0.2, 0) is 20.9 Å². The summed E-state index contributed by atoms with van der Waals surface area (Å²) in [4.78, 5) is 8.99. The van der Waals surface area contributed by atoms with Gasteiger partial charge in [-0.2, -0.15) is 4.36 Å². The van der Waals surface area contributed by atoms with Crippen molar-refractivity contribution in [2.45, 2.75) is 58.2 Å². The first-order valence-electron chi connectivity index (χ1n) is 11.7. The Labute approximate surface area is 201 Å². The van der Waals surface area contributed by atoms with E-state index in [9.17, 15) is 8.60 Å². The Morgan fingerprint density at radius 1 is 1.12 bits per heavy atom. The molecular weight excluding hydrogens is 453 g/mol. The molecule has 2 aromatic carbocycles.